The van der Waals surface area contributed by atoms with Crippen molar-refractivity contribution in [2.45, 2.75) is 29.9 Å². The molecular formula is C12H15BrN4S. The highest BCUT2D eigenvalue weighted by molar-refractivity contribution is 9.10. The summed E-state index contributed by atoms with van der Waals surface area (Å²) in [5.74, 6) is 0.906. The molecule has 2 aromatic rings. The van der Waals surface area contributed by atoms with Crippen LogP contribution >= 0.6 is 27.7 Å². The summed E-state index contributed by atoms with van der Waals surface area (Å²) in [7, 11) is 1.96. The highest BCUT2D eigenvalue weighted by Gasteiger charge is 2.10. The highest BCUT2D eigenvalue weighted by Crippen LogP contribution is 2.31. The van der Waals surface area contributed by atoms with Gasteiger partial charge in [0.15, 0.2) is 5.16 Å². The number of aryl methyl sites for hydroxylation is 1. The number of rotatable bonds is 3. The molecule has 96 valence electrons. The van der Waals surface area contributed by atoms with Crippen LogP contribution in [0.1, 0.15) is 24.4 Å². The second kappa shape index (κ2) is 5.42. The second-order valence-electron chi connectivity index (χ2n) is 4.16. The molecule has 0 saturated heterocycles. The van der Waals surface area contributed by atoms with Crippen LogP contribution in [-0.2, 0) is 7.05 Å². The van der Waals surface area contributed by atoms with Crippen molar-refractivity contribution in [3.63, 3.8) is 0 Å². The first-order valence-electron chi connectivity index (χ1n) is 5.58. The van der Waals surface area contributed by atoms with Crippen molar-refractivity contribution in [2.24, 2.45) is 12.8 Å². The van der Waals surface area contributed by atoms with Gasteiger partial charge in [0.25, 0.3) is 0 Å². The number of nitrogens with two attached hydrogens (primary N) is 1. The van der Waals surface area contributed by atoms with Gasteiger partial charge in [0, 0.05) is 22.5 Å². The Morgan fingerprint density at radius 1 is 1.39 bits per heavy atom. The first-order chi connectivity index (χ1) is 8.49. The molecule has 0 aliphatic carbocycles. The first kappa shape index (κ1) is 13.6. The molecule has 1 atom stereocenters. The van der Waals surface area contributed by atoms with Gasteiger partial charge in [-0.3, -0.25) is 0 Å². The summed E-state index contributed by atoms with van der Waals surface area (Å²) in [6, 6.07) is 6.18. The lowest BCUT2D eigenvalue weighted by Gasteiger charge is -2.09. The Hall–Kier alpha value is -0.850. The summed E-state index contributed by atoms with van der Waals surface area (Å²) in [4.78, 5) is 1.11. The molecule has 4 nitrogen and oxygen atoms in total. The van der Waals surface area contributed by atoms with Crippen LogP contribution in [0.4, 0.5) is 0 Å². The number of hydrogen-bond acceptors (Lipinski definition) is 4. The molecule has 0 radical (unpaired) electrons. The lowest BCUT2D eigenvalue weighted by Crippen LogP contribution is -2.05. The van der Waals surface area contributed by atoms with E-state index < -0.39 is 0 Å². The molecule has 0 unspecified atom stereocenters. The molecule has 0 saturated carbocycles. The van der Waals surface area contributed by atoms with E-state index in [0.717, 1.165) is 25.9 Å². The van der Waals surface area contributed by atoms with E-state index in [1.165, 1.54) is 0 Å². The fourth-order valence-electron chi connectivity index (χ4n) is 1.52. The van der Waals surface area contributed by atoms with Crippen LogP contribution in [0.3, 0.4) is 0 Å². The van der Waals surface area contributed by atoms with E-state index in [1.54, 1.807) is 11.8 Å². The van der Waals surface area contributed by atoms with Crippen molar-refractivity contribution in [3.8, 4) is 0 Å². The molecule has 2 N–H and O–H groups in total. The van der Waals surface area contributed by atoms with Crippen LogP contribution in [0.25, 0.3) is 0 Å². The molecule has 0 spiro atoms. The average molecular weight is 327 g/mol. The van der Waals surface area contributed by atoms with E-state index in [2.05, 4.69) is 38.3 Å². The van der Waals surface area contributed by atoms with Gasteiger partial charge in [0.1, 0.15) is 5.82 Å². The van der Waals surface area contributed by atoms with Crippen LogP contribution < -0.4 is 5.73 Å². The largest absolute Gasteiger partial charge is 0.324 e. The molecule has 2 rings (SSSR count). The summed E-state index contributed by atoms with van der Waals surface area (Å²) in [5, 5.41) is 9.06. The van der Waals surface area contributed by atoms with E-state index in [1.807, 2.05) is 31.5 Å². The van der Waals surface area contributed by atoms with Crippen molar-refractivity contribution in [3.05, 3.63) is 34.1 Å². The van der Waals surface area contributed by atoms with Crippen LogP contribution in [0.5, 0.6) is 0 Å². The van der Waals surface area contributed by atoms with Gasteiger partial charge in [-0.25, -0.2) is 0 Å². The quantitative estimate of drug-likeness (QED) is 0.941. The molecular weight excluding hydrogens is 312 g/mol. The lowest BCUT2D eigenvalue weighted by atomic mass is 10.1. The Kier molecular flexibility index (Phi) is 4.09. The van der Waals surface area contributed by atoms with E-state index in [9.17, 15) is 0 Å². The minimum atomic E-state index is 0.0236. The van der Waals surface area contributed by atoms with E-state index in [4.69, 9.17) is 5.73 Å². The fourth-order valence-corrected chi connectivity index (χ4v) is 3.29. The third kappa shape index (κ3) is 2.76. The molecule has 0 amide bonds. The zero-order valence-corrected chi connectivity index (χ0v) is 12.9. The Morgan fingerprint density at radius 3 is 2.61 bits per heavy atom. The Labute approximate surface area is 119 Å². The normalized spacial score (nSPS) is 12.7. The third-order valence-electron chi connectivity index (χ3n) is 2.72. The summed E-state index contributed by atoms with van der Waals surface area (Å²) < 4.78 is 3.00. The van der Waals surface area contributed by atoms with Crippen LogP contribution in [0, 0.1) is 6.92 Å². The monoisotopic (exact) mass is 326 g/mol. The maximum atomic E-state index is 5.88. The Bertz CT molecular complexity index is 565. The van der Waals surface area contributed by atoms with Crippen LogP contribution in [-0.4, -0.2) is 14.8 Å². The SMILES string of the molecule is Cc1nnc(Sc2ccc([C@H](C)N)c(Br)c2)n1C. The van der Waals surface area contributed by atoms with Crippen LogP contribution in [0.15, 0.2) is 32.7 Å². The molecule has 0 aliphatic rings. The lowest BCUT2D eigenvalue weighted by molar-refractivity contribution is 0.765. The van der Waals surface area contributed by atoms with Gasteiger partial charge in [-0.15, -0.1) is 10.2 Å². The Balaban J connectivity index is 2.25. The molecule has 1 aromatic heterocycles. The summed E-state index contributed by atoms with van der Waals surface area (Å²) >= 11 is 5.14. The van der Waals surface area contributed by atoms with Gasteiger partial charge >= 0.3 is 0 Å². The van der Waals surface area contributed by atoms with Gasteiger partial charge in [0.05, 0.1) is 0 Å². The first-order valence-corrected chi connectivity index (χ1v) is 7.19. The van der Waals surface area contributed by atoms with Gasteiger partial charge < -0.3 is 10.3 Å². The second-order valence-corrected chi connectivity index (χ2v) is 6.06. The summed E-state index contributed by atoms with van der Waals surface area (Å²) in [6.07, 6.45) is 0. The number of aromatic nitrogens is 3. The number of hydrogen-bond donors (Lipinski definition) is 1. The van der Waals surface area contributed by atoms with Crippen LogP contribution in [0.2, 0.25) is 0 Å². The van der Waals surface area contributed by atoms with Gasteiger partial charge in [-0.1, -0.05) is 22.0 Å². The predicted octanol–water partition coefficient (Wildman–Crippen LogP) is 3.06. The van der Waals surface area contributed by atoms with Crippen molar-refractivity contribution in [2.75, 3.05) is 0 Å². The maximum Gasteiger partial charge on any atom is 0.195 e. The molecule has 1 heterocycles. The number of nitrogens with zero attached hydrogens (tertiary/aromatic N) is 3. The fraction of sp³-hybridized carbons (Fsp3) is 0.333. The third-order valence-corrected chi connectivity index (χ3v) is 4.44. The average Bonchev–Trinajstić information content (AvgIpc) is 2.61. The smallest absolute Gasteiger partial charge is 0.195 e. The van der Waals surface area contributed by atoms with Gasteiger partial charge in [-0.2, -0.15) is 0 Å². The van der Waals surface area contributed by atoms with E-state index in [-0.39, 0.29) is 6.04 Å². The molecule has 0 bridgehead atoms. The highest BCUT2D eigenvalue weighted by atomic mass is 79.9. The number of halogens is 1. The van der Waals surface area contributed by atoms with Gasteiger partial charge in [-0.05, 0) is 43.3 Å². The predicted molar refractivity (Wildman–Crippen MR) is 76.6 cm³/mol. The van der Waals surface area contributed by atoms with Gasteiger partial charge in [0.2, 0.25) is 0 Å². The maximum absolute atomic E-state index is 5.88. The minimum absolute atomic E-state index is 0.0236. The van der Waals surface area contributed by atoms with Crippen molar-refractivity contribution >= 4 is 27.7 Å². The molecule has 0 aliphatic heterocycles. The standard InChI is InChI=1S/C12H15BrN4S/c1-7(14)10-5-4-9(6-11(10)13)18-12-16-15-8(2)17(12)3/h4-7H,14H2,1-3H3/t7-/m0/s1. The molecule has 18 heavy (non-hydrogen) atoms. The topological polar surface area (TPSA) is 56.7 Å². The van der Waals surface area contributed by atoms with Crippen molar-refractivity contribution < 1.29 is 0 Å². The van der Waals surface area contributed by atoms with Crippen molar-refractivity contribution in [1.29, 1.82) is 0 Å². The Morgan fingerprint density at radius 2 is 2.11 bits per heavy atom. The zero-order chi connectivity index (χ0) is 13.3. The summed E-state index contributed by atoms with van der Waals surface area (Å²) in [5.41, 5.74) is 6.99. The molecule has 1 aromatic carbocycles. The zero-order valence-electron chi connectivity index (χ0n) is 10.5. The van der Waals surface area contributed by atoms with E-state index >= 15 is 0 Å². The molecule has 6 heteroatoms. The van der Waals surface area contributed by atoms with E-state index in [0.29, 0.717) is 0 Å². The number of benzene rings is 1. The molecule has 0 fully saturated rings. The van der Waals surface area contributed by atoms with Crippen molar-refractivity contribution in [1.82, 2.24) is 14.8 Å². The minimum Gasteiger partial charge on any atom is -0.324 e. The summed E-state index contributed by atoms with van der Waals surface area (Å²) in [6.45, 7) is 3.91.